The van der Waals surface area contributed by atoms with Crippen molar-refractivity contribution in [2.45, 2.75) is 46.3 Å². The van der Waals surface area contributed by atoms with Gasteiger partial charge in [0, 0.05) is 0 Å². The van der Waals surface area contributed by atoms with Gasteiger partial charge in [0.05, 0.1) is 6.61 Å². The Morgan fingerprint density at radius 2 is 1.88 bits per heavy atom. The lowest BCUT2D eigenvalue weighted by molar-refractivity contribution is -0.145. The molecule has 94 valence electrons. The van der Waals surface area contributed by atoms with Crippen LogP contribution in [-0.2, 0) is 14.3 Å². The van der Waals surface area contributed by atoms with Gasteiger partial charge >= 0.3 is 12.1 Å². The molecule has 6 heteroatoms. The summed E-state index contributed by atoms with van der Waals surface area (Å²) in [6.07, 6.45) is -0.636. The molecule has 0 saturated heterocycles. The Hall–Kier alpha value is -1.30. The van der Waals surface area contributed by atoms with E-state index >= 15 is 0 Å². The van der Waals surface area contributed by atoms with E-state index in [0.29, 0.717) is 6.61 Å². The van der Waals surface area contributed by atoms with Gasteiger partial charge in [0.2, 0.25) is 0 Å². The van der Waals surface area contributed by atoms with E-state index in [1.807, 2.05) is 0 Å². The van der Waals surface area contributed by atoms with Crippen molar-refractivity contribution >= 4 is 12.1 Å². The summed E-state index contributed by atoms with van der Waals surface area (Å²) in [7, 11) is 0. The van der Waals surface area contributed by atoms with E-state index in [4.69, 9.17) is 9.47 Å². The van der Waals surface area contributed by atoms with Gasteiger partial charge in [-0.1, -0.05) is 0 Å². The van der Waals surface area contributed by atoms with E-state index in [0.717, 1.165) is 0 Å². The van der Waals surface area contributed by atoms with Crippen molar-refractivity contribution in [3.05, 3.63) is 0 Å². The monoisotopic (exact) mass is 232 g/mol. The summed E-state index contributed by atoms with van der Waals surface area (Å²) < 4.78 is 9.71. The van der Waals surface area contributed by atoms with E-state index in [9.17, 15) is 9.59 Å². The van der Waals surface area contributed by atoms with Crippen molar-refractivity contribution in [2.75, 3.05) is 6.61 Å². The molecule has 0 radical (unpaired) electrons. The number of esters is 1. The van der Waals surface area contributed by atoms with Gasteiger partial charge in [0.25, 0.3) is 0 Å². The summed E-state index contributed by atoms with van der Waals surface area (Å²) in [6, 6.07) is -0.618. The maximum absolute atomic E-state index is 11.2. The highest BCUT2D eigenvalue weighted by atomic mass is 16.6. The van der Waals surface area contributed by atoms with Gasteiger partial charge in [-0.3, -0.25) is 10.2 Å². The topological polar surface area (TPSA) is 76.7 Å². The molecule has 0 aliphatic heterocycles. The molecule has 0 rings (SSSR count). The van der Waals surface area contributed by atoms with Gasteiger partial charge < -0.3 is 9.47 Å². The summed E-state index contributed by atoms with van der Waals surface area (Å²) >= 11 is 0. The average Bonchev–Trinajstić information content (AvgIpc) is 2.11. The number of ether oxygens (including phenoxy) is 2. The zero-order valence-corrected chi connectivity index (χ0v) is 10.4. The van der Waals surface area contributed by atoms with E-state index in [-0.39, 0.29) is 0 Å². The van der Waals surface area contributed by atoms with Gasteiger partial charge in [0.1, 0.15) is 11.6 Å². The van der Waals surface area contributed by atoms with Crippen molar-refractivity contribution in [2.24, 2.45) is 0 Å². The smallest absolute Gasteiger partial charge is 0.422 e. The Bertz CT molecular complexity index is 248. The molecule has 0 fully saturated rings. The highest BCUT2D eigenvalue weighted by molar-refractivity contribution is 5.76. The maximum atomic E-state index is 11.2. The molecule has 1 atom stereocenters. The first-order chi connectivity index (χ1) is 7.26. The minimum Gasteiger partial charge on any atom is -0.465 e. The van der Waals surface area contributed by atoms with Crippen LogP contribution in [0.25, 0.3) is 0 Å². The van der Waals surface area contributed by atoms with Crippen LogP contribution < -0.4 is 10.9 Å². The normalized spacial score (nSPS) is 12.8. The second-order valence-electron chi connectivity index (χ2n) is 4.24. The lowest BCUT2D eigenvalue weighted by Gasteiger charge is -2.20. The van der Waals surface area contributed by atoms with Crippen LogP contribution in [0.3, 0.4) is 0 Å². The Morgan fingerprint density at radius 3 is 2.31 bits per heavy atom. The minimum atomic E-state index is -0.636. The molecular weight excluding hydrogens is 212 g/mol. The molecule has 0 heterocycles. The lowest BCUT2D eigenvalue weighted by Crippen LogP contribution is -2.48. The molecule has 1 amide bonds. The zero-order chi connectivity index (χ0) is 12.8. The Kier molecular flexibility index (Phi) is 5.81. The van der Waals surface area contributed by atoms with Crippen molar-refractivity contribution < 1.29 is 19.1 Å². The fourth-order valence-corrected chi connectivity index (χ4v) is 0.797. The number of hydrazine groups is 1. The number of hydrogen-bond donors (Lipinski definition) is 2. The van der Waals surface area contributed by atoms with Crippen LogP contribution in [0.4, 0.5) is 4.79 Å². The third kappa shape index (κ3) is 7.05. The number of nitrogens with one attached hydrogen (secondary N) is 2. The summed E-state index contributed by atoms with van der Waals surface area (Å²) in [5, 5.41) is 0. The van der Waals surface area contributed by atoms with Crippen LogP contribution in [0.5, 0.6) is 0 Å². The number of amides is 1. The number of rotatable bonds is 4. The molecule has 0 unspecified atom stereocenters. The number of carbonyl (C=O) groups is 2. The van der Waals surface area contributed by atoms with E-state index in [2.05, 4.69) is 10.9 Å². The largest absolute Gasteiger partial charge is 0.465 e. The van der Waals surface area contributed by atoms with Gasteiger partial charge in [-0.25, -0.2) is 10.2 Å². The molecule has 0 spiro atoms. The third-order valence-corrected chi connectivity index (χ3v) is 1.43. The first kappa shape index (κ1) is 14.7. The second-order valence-corrected chi connectivity index (χ2v) is 4.24. The second kappa shape index (κ2) is 6.32. The molecule has 0 aliphatic carbocycles. The molecule has 2 N–H and O–H groups in total. The summed E-state index contributed by atoms with van der Waals surface area (Å²) in [6.45, 7) is 8.85. The first-order valence-electron chi connectivity index (χ1n) is 5.17. The SMILES string of the molecule is CCOC(=O)[C@H](C)NNC(=O)OC(C)(C)C. The van der Waals surface area contributed by atoms with Gasteiger partial charge in [0.15, 0.2) is 0 Å². The van der Waals surface area contributed by atoms with Gasteiger partial charge in [-0.2, -0.15) is 0 Å². The summed E-state index contributed by atoms with van der Waals surface area (Å²) in [4.78, 5) is 22.4. The summed E-state index contributed by atoms with van der Waals surface area (Å²) in [5.41, 5.74) is 4.19. The number of carbonyl (C=O) groups excluding carboxylic acids is 2. The molecule has 0 aromatic carbocycles. The van der Waals surface area contributed by atoms with E-state index in [1.54, 1.807) is 34.6 Å². The predicted octanol–water partition coefficient (Wildman–Crippen LogP) is 0.967. The predicted molar refractivity (Wildman–Crippen MR) is 58.6 cm³/mol. The maximum Gasteiger partial charge on any atom is 0.422 e. The molecule has 0 bridgehead atoms. The highest BCUT2D eigenvalue weighted by Gasteiger charge is 2.18. The van der Waals surface area contributed by atoms with Crippen molar-refractivity contribution in [1.29, 1.82) is 0 Å². The third-order valence-electron chi connectivity index (χ3n) is 1.43. The van der Waals surface area contributed by atoms with Crippen LogP contribution in [0.1, 0.15) is 34.6 Å². The van der Waals surface area contributed by atoms with Crippen molar-refractivity contribution in [3.63, 3.8) is 0 Å². The molecule has 0 saturated carbocycles. The van der Waals surface area contributed by atoms with E-state index in [1.165, 1.54) is 0 Å². The van der Waals surface area contributed by atoms with Crippen molar-refractivity contribution in [3.8, 4) is 0 Å². The number of hydrogen-bond acceptors (Lipinski definition) is 5. The Labute approximate surface area is 95.6 Å². The molecule has 0 aromatic rings. The van der Waals surface area contributed by atoms with Gasteiger partial charge in [-0.05, 0) is 34.6 Å². The Balaban J connectivity index is 3.88. The molecule has 0 aliphatic rings. The lowest BCUT2D eigenvalue weighted by atomic mass is 10.2. The average molecular weight is 232 g/mol. The van der Waals surface area contributed by atoms with Crippen LogP contribution in [0, 0.1) is 0 Å². The highest BCUT2D eigenvalue weighted by Crippen LogP contribution is 2.05. The summed E-state index contributed by atoms with van der Waals surface area (Å²) in [5.74, 6) is -0.432. The Morgan fingerprint density at radius 1 is 1.31 bits per heavy atom. The quantitative estimate of drug-likeness (QED) is 0.558. The molecular formula is C10H20N2O4. The molecule has 0 aromatic heterocycles. The van der Waals surface area contributed by atoms with E-state index < -0.39 is 23.7 Å². The fraction of sp³-hybridized carbons (Fsp3) is 0.800. The van der Waals surface area contributed by atoms with Crippen LogP contribution in [-0.4, -0.2) is 30.3 Å². The van der Waals surface area contributed by atoms with Crippen LogP contribution in [0.2, 0.25) is 0 Å². The fourth-order valence-electron chi connectivity index (χ4n) is 0.797. The first-order valence-corrected chi connectivity index (χ1v) is 5.17. The van der Waals surface area contributed by atoms with Gasteiger partial charge in [-0.15, -0.1) is 0 Å². The van der Waals surface area contributed by atoms with Crippen LogP contribution >= 0.6 is 0 Å². The van der Waals surface area contributed by atoms with Crippen molar-refractivity contribution in [1.82, 2.24) is 10.9 Å². The van der Waals surface area contributed by atoms with Crippen LogP contribution in [0.15, 0.2) is 0 Å². The standard InChI is InChI=1S/C10H20N2O4/c1-6-15-8(13)7(2)11-12-9(14)16-10(3,4)5/h7,11H,6H2,1-5H3,(H,12,14)/t7-/m0/s1. The molecule has 6 nitrogen and oxygen atoms in total. The minimum absolute atomic E-state index is 0.303. The zero-order valence-electron chi connectivity index (χ0n) is 10.4. The molecule has 16 heavy (non-hydrogen) atoms.